The number of halogens is 1. The van der Waals surface area contributed by atoms with E-state index in [9.17, 15) is 14.4 Å². The maximum atomic E-state index is 12.2. The smallest absolute Gasteiger partial charge is 0.306 e. The second-order valence-electron chi connectivity index (χ2n) is 6.53. The third-order valence-corrected chi connectivity index (χ3v) is 5.60. The van der Waals surface area contributed by atoms with Crippen molar-refractivity contribution in [3.05, 3.63) is 63.1 Å². The number of Topliss-reactive ketones (excluding diaryl/α,β-unsaturated/α-hetero) is 1. The Balaban J connectivity index is 1.50. The molecule has 0 fully saturated rings. The lowest BCUT2D eigenvalue weighted by atomic mass is 10.2. The molecule has 156 valence electrons. The molecule has 30 heavy (non-hydrogen) atoms. The molecule has 1 aromatic carbocycles. The molecule has 0 atom stereocenters. The number of rotatable bonds is 8. The minimum atomic E-state index is -0.616. The number of ether oxygens (including phenoxy) is 1. The fraction of sp³-hybridized carbons (Fsp3) is 0.238. The number of para-hydroxylation sites is 1. The number of aryl methyl sites for hydroxylation is 1. The van der Waals surface area contributed by atoms with Crippen molar-refractivity contribution in [1.82, 2.24) is 9.78 Å². The molecule has 3 rings (SSSR count). The van der Waals surface area contributed by atoms with Crippen molar-refractivity contribution in [3.8, 4) is 5.69 Å². The summed E-state index contributed by atoms with van der Waals surface area (Å²) in [5.41, 5.74) is 2.86. The molecule has 0 radical (unpaired) electrons. The minimum absolute atomic E-state index is 0.000638. The number of anilines is 1. The van der Waals surface area contributed by atoms with Gasteiger partial charge < -0.3 is 10.1 Å². The van der Waals surface area contributed by atoms with Gasteiger partial charge in [0.2, 0.25) is 0 Å². The van der Waals surface area contributed by atoms with Gasteiger partial charge in [-0.05, 0) is 38.1 Å². The summed E-state index contributed by atoms with van der Waals surface area (Å²) in [5.74, 6) is -1.28. The van der Waals surface area contributed by atoms with E-state index in [0.29, 0.717) is 20.6 Å². The van der Waals surface area contributed by atoms with E-state index in [0.717, 1.165) is 22.7 Å². The Hall–Kier alpha value is -2.97. The predicted molar refractivity (Wildman–Crippen MR) is 116 cm³/mol. The van der Waals surface area contributed by atoms with E-state index in [4.69, 9.17) is 16.3 Å². The number of carbonyl (C=O) groups is 3. The maximum Gasteiger partial charge on any atom is 0.306 e. The van der Waals surface area contributed by atoms with Crippen LogP contribution in [-0.2, 0) is 14.3 Å². The van der Waals surface area contributed by atoms with Gasteiger partial charge in [-0.3, -0.25) is 14.4 Å². The van der Waals surface area contributed by atoms with Crippen molar-refractivity contribution in [3.63, 3.8) is 0 Å². The number of hydrogen-bond donors (Lipinski definition) is 1. The van der Waals surface area contributed by atoms with E-state index in [1.54, 1.807) is 23.7 Å². The molecule has 1 amide bonds. The number of aromatic nitrogens is 2. The molecule has 3 aromatic rings. The molecule has 0 aliphatic heterocycles. The second-order valence-corrected chi connectivity index (χ2v) is 8.24. The SMILES string of the molecule is Cc1nn(-c2ccccc2)c(C)c1NC(=O)COC(=O)CCC(=O)c1ccc(Cl)s1. The fourth-order valence-electron chi connectivity index (χ4n) is 2.84. The average molecular weight is 446 g/mol. The third kappa shape index (κ3) is 5.34. The summed E-state index contributed by atoms with van der Waals surface area (Å²) in [7, 11) is 0. The average Bonchev–Trinajstić information content (AvgIpc) is 3.29. The van der Waals surface area contributed by atoms with Gasteiger partial charge in [0.05, 0.1) is 38.4 Å². The van der Waals surface area contributed by atoms with E-state index >= 15 is 0 Å². The summed E-state index contributed by atoms with van der Waals surface area (Å²) < 4.78 is 7.23. The van der Waals surface area contributed by atoms with Gasteiger partial charge in [-0.2, -0.15) is 5.10 Å². The lowest BCUT2D eigenvalue weighted by Gasteiger charge is -2.08. The topological polar surface area (TPSA) is 90.3 Å². The molecule has 1 N–H and O–H groups in total. The largest absolute Gasteiger partial charge is 0.456 e. The Labute approximate surface area is 182 Å². The highest BCUT2D eigenvalue weighted by Gasteiger charge is 2.17. The molecule has 0 bridgehead atoms. The van der Waals surface area contributed by atoms with Crippen LogP contribution in [0.25, 0.3) is 5.69 Å². The molecular weight excluding hydrogens is 426 g/mol. The quantitative estimate of drug-likeness (QED) is 0.411. The fourth-order valence-corrected chi connectivity index (χ4v) is 3.85. The van der Waals surface area contributed by atoms with Crippen molar-refractivity contribution in [1.29, 1.82) is 0 Å². The number of benzene rings is 1. The molecular formula is C21H20ClN3O4S. The Bertz CT molecular complexity index is 1080. The predicted octanol–water partition coefficient (Wildman–Crippen LogP) is 4.35. The highest BCUT2D eigenvalue weighted by Crippen LogP contribution is 2.24. The van der Waals surface area contributed by atoms with Crippen molar-refractivity contribution in [2.45, 2.75) is 26.7 Å². The summed E-state index contributed by atoms with van der Waals surface area (Å²) in [4.78, 5) is 36.6. The van der Waals surface area contributed by atoms with Crippen LogP contribution in [0.3, 0.4) is 0 Å². The summed E-state index contributed by atoms with van der Waals surface area (Å²) in [6.07, 6.45) is -0.106. The molecule has 0 aliphatic carbocycles. The normalized spacial score (nSPS) is 10.6. The highest BCUT2D eigenvalue weighted by atomic mass is 35.5. The molecule has 2 aromatic heterocycles. The van der Waals surface area contributed by atoms with E-state index in [2.05, 4.69) is 10.4 Å². The number of nitrogens with one attached hydrogen (secondary N) is 1. The number of carbonyl (C=O) groups excluding carboxylic acids is 3. The van der Waals surface area contributed by atoms with Crippen LogP contribution in [0.1, 0.15) is 33.9 Å². The van der Waals surface area contributed by atoms with Gasteiger partial charge in [0.15, 0.2) is 12.4 Å². The van der Waals surface area contributed by atoms with Gasteiger partial charge in [0.1, 0.15) is 0 Å². The van der Waals surface area contributed by atoms with Gasteiger partial charge >= 0.3 is 5.97 Å². The lowest BCUT2D eigenvalue weighted by molar-refractivity contribution is -0.147. The summed E-state index contributed by atoms with van der Waals surface area (Å²) in [5, 5.41) is 7.19. The van der Waals surface area contributed by atoms with E-state index in [1.807, 2.05) is 37.3 Å². The van der Waals surface area contributed by atoms with Gasteiger partial charge in [0, 0.05) is 6.42 Å². The number of nitrogens with zero attached hydrogens (tertiary/aromatic N) is 2. The zero-order valence-electron chi connectivity index (χ0n) is 16.5. The van der Waals surface area contributed by atoms with E-state index in [1.165, 1.54) is 0 Å². The standard InChI is InChI=1S/C21H20ClN3O4S/c1-13-21(14(2)25(24-13)15-6-4-3-5-7-15)23-19(27)12-29-20(28)11-8-16(26)17-9-10-18(22)30-17/h3-7,9-10H,8,11-12H2,1-2H3,(H,23,27). The van der Waals surface area contributed by atoms with Gasteiger partial charge in [-0.1, -0.05) is 29.8 Å². The van der Waals surface area contributed by atoms with Gasteiger partial charge in [0.25, 0.3) is 5.91 Å². The maximum absolute atomic E-state index is 12.2. The van der Waals surface area contributed by atoms with Crippen LogP contribution >= 0.6 is 22.9 Å². The molecule has 0 unspecified atom stereocenters. The van der Waals surface area contributed by atoms with Gasteiger partial charge in [-0.15, -0.1) is 11.3 Å². The van der Waals surface area contributed by atoms with Crippen LogP contribution in [0.15, 0.2) is 42.5 Å². The van der Waals surface area contributed by atoms with E-state index < -0.39 is 18.5 Å². The molecule has 2 heterocycles. The number of thiophene rings is 1. The van der Waals surface area contributed by atoms with Crippen molar-refractivity contribution < 1.29 is 19.1 Å². The lowest BCUT2D eigenvalue weighted by Crippen LogP contribution is -2.21. The van der Waals surface area contributed by atoms with Crippen LogP contribution in [-0.4, -0.2) is 34.0 Å². The number of amides is 1. The summed E-state index contributed by atoms with van der Waals surface area (Å²) >= 11 is 6.96. The number of ketones is 1. The van der Waals surface area contributed by atoms with Crippen LogP contribution < -0.4 is 5.32 Å². The van der Waals surface area contributed by atoms with Crippen LogP contribution in [0, 0.1) is 13.8 Å². The molecule has 0 aliphatic rings. The molecule has 0 saturated carbocycles. The van der Waals surface area contributed by atoms with Crippen LogP contribution in [0.2, 0.25) is 4.34 Å². The molecule has 0 spiro atoms. The summed E-state index contributed by atoms with van der Waals surface area (Å²) in [6, 6.07) is 12.8. The second kappa shape index (κ2) is 9.69. The Morgan fingerprint density at radius 3 is 2.50 bits per heavy atom. The molecule has 7 nitrogen and oxygen atoms in total. The third-order valence-electron chi connectivity index (χ3n) is 4.32. The zero-order valence-corrected chi connectivity index (χ0v) is 18.0. The Morgan fingerprint density at radius 1 is 1.10 bits per heavy atom. The first-order chi connectivity index (χ1) is 14.3. The first kappa shape index (κ1) is 21.7. The van der Waals surface area contributed by atoms with Crippen LogP contribution in [0.5, 0.6) is 0 Å². The first-order valence-electron chi connectivity index (χ1n) is 9.21. The van der Waals surface area contributed by atoms with Crippen LogP contribution in [0.4, 0.5) is 5.69 Å². The van der Waals surface area contributed by atoms with E-state index in [-0.39, 0.29) is 18.6 Å². The van der Waals surface area contributed by atoms with Crippen molar-refractivity contribution in [2.24, 2.45) is 0 Å². The minimum Gasteiger partial charge on any atom is -0.456 e. The van der Waals surface area contributed by atoms with Gasteiger partial charge in [-0.25, -0.2) is 4.68 Å². The zero-order chi connectivity index (χ0) is 21.7. The molecule has 0 saturated heterocycles. The number of hydrogen-bond acceptors (Lipinski definition) is 6. The first-order valence-corrected chi connectivity index (χ1v) is 10.4. The Kier molecular flexibility index (Phi) is 7.02. The van der Waals surface area contributed by atoms with Crippen molar-refractivity contribution in [2.75, 3.05) is 11.9 Å². The van der Waals surface area contributed by atoms with Crippen molar-refractivity contribution >= 4 is 46.3 Å². The summed E-state index contributed by atoms with van der Waals surface area (Å²) in [6.45, 7) is 3.20. The monoisotopic (exact) mass is 445 g/mol. The Morgan fingerprint density at radius 2 is 1.83 bits per heavy atom. The molecule has 9 heteroatoms. The highest BCUT2D eigenvalue weighted by molar-refractivity contribution is 7.18. The number of esters is 1.